The molecule has 1 rings (SSSR count). The van der Waals surface area contributed by atoms with E-state index in [1.54, 1.807) is 7.11 Å². The van der Waals surface area contributed by atoms with Crippen LogP contribution in [0.5, 0.6) is 0 Å². The highest BCUT2D eigenvalue weighted by molar-refractivity contribution is 5.94. The van der Waals surface area contributed by atoms with Gasteiger partial charge in [-0.1, -0.05) is 13.8 Å². The van der Waals surface area contributed by atoms with Crippen LogP contribution in [-0.2, 0) is 4.74 Å². The third kappa shape index (κ3) is 3.77. The molecule has 0 unspecified atom stereocenters. The number of benzene rings is 1. The predicted octanol–water partition coefficient (Wildman–Crippen LogP) is 2.37. The van der Waals surface area contributed by atoms with E-state index in [1.165, 1.54) is 0 Å². The highest BCUT2D eigenvalue weighted by Gasteiger charge is 2.16. The second-order valence-corrected chi connectivity index (χ2v) is 4.35. The second kappa shape index (κ2) is 6.44. The number of nitrogens with one attached hydrogen (secondary N) is 1. The third-order valence-corrected chi connectivity index (χ3v) is 2.69. The zero-order valence-electron chi connectivity index (χ0n) is 10.7. The van der Waals surface area contributed by atoms with E-state index in [2.05, 4.69) is 5.32 Å². The Morgan fingerprint density at radius 3 is 2.56 bits per heavy atom. The largest absolute Gasteiger partial charge is 0.379 e. The van der Waals surface area contributed by atoms with E-state index in [0.29, 0.717) is 6.07 Å². The molecule has 3 nitrogen and oxygen atoms in total. The average molecular weight is 257 g/mol. The molecule has 0 radical (unpaired) electrons. The Morgan fingerprint density at radius 1 is 1.39 bits per heavy atom. The van der Waals surface area contributed by atoms with Gasteiger partial charge in [-0.05, 0) is 18.1 Å². The maximum Gasteiger partial charge on any atom is 0.254 e. The van der Waals surface area contributed by atoms with Crippen LogP contribution < -0.4 is 5.32 Å². The fraction of sp³-hybridized carbons (Fsp3) is 0.462. The standard InChI is InChI=1S/C13H17F2NO2/c1-8(2)12(18-3)7-16-13(17)10-5-4-9(14)6-11(10)15/h4-6,8,12H,7H2,1-3H3,(H,16,17)/t12-/m0/s1. The van der Waals surface area contributed by atoms with Gasteiger partial charge in [-0.15, -0.1) is 0 Å². The Morgan fingerprint density at radius 2 is 2.06 bits per heavy atom. The van der Waals surface area contributed by atoms with Crippen molar-refractivity contribution < 1.29 is 18.3 Å². The molecule has 1 N–H and O–H groups in total. The van der Waals surface area contributed by atoms with E-state index in [-0.39, 0.29) is 24.1 Å². The van der Waals surface area contributed by atoms with Crippen molar-refractivity contribution in [3.63, 3.8) is 0 Å². The predicted molar refractivity (Wildman–Crippen MR) is 64.3 cm³/mol. The number of ether oxygens (including phenoxy) is 1. The Kier molecular flexibility index (Phi) is 5.22. The Bertz CT molecular complexity index is 421. The van der Waals surface area contributed by atoms with E-state index >= 15 is 0 Å². The van der Waals surface area contributed by atoms with Gasteiger partial charge in [0.05, 0.1) is 11.7 Å². The fourth-order valence-electron chi connectivity index (χ4n) is 1.55. The lowest BCUT2D eigenvalue weighted by atomic mass is 10.1. The smallest absolute Gasteiger partial charge is 0.254 e. The first-order valence-corrected chi connectivity index (χ1v) is 5.71. The highest BCUT2D eigenvalue weighted by atomic mass is 19.1. The monoisotopic (exact) mass is 257 g/mol. The summed E-state index contributed by atoms with van der Waals surface area (Å²) in [5, 5.41) is 2.57. The van der Waals surface area contributed by atoms with Crippen LogP contribution in [0, 0.1) is 17.6 Å². The fourth-order valence-corrected chi connectivity index (χ4v) is 1.55. The molecule has 0 fully saturated rings. The van der Waals surface area contributed by atoms with Gasteiger partial charge in [0.1, 0.15) is 11.6 Å². The van der Waals surface area contributed by atoms with E-state index in [0.717, 1.165) is 12.1 Å². The number of methoxy groups -OCH3 is 1. The van der Waals surface area contributed by atoms with Crippen molar-refractivity contribution in [3.05, 3.63) is 35.4 Å². The van der Waals surface area contributed by atoms with Crippen LogP contribution in [-0.4, -0.2) is 25.7 Å². The summed E-state index contributed by atoms with van der Waals surface area (Å²) in [6, 6.07) is 2.86. The zero-order chi connectivity index (χ0) is 13.7. The maximum atomic E-state index is 13.3. The van der Waals surface area contributed by atoms with E-state index < -0.39 is 17.5 Å². The number of hydrogen-bond acceptors (Lipinski definition) is 2. The Labute approximate surface area is 105 Å². The van der Waals surface area contributed by atoms with E-state index in [4.69, 9.17) is 4.74 Å². The van der Waals surface area contributed by atoms with Crippen molar-refractivity contribution in [1.29, 1.82) is 0 Å². The molecule has 100 valence electrons. The Balaban J connectivity index is 2.65. The number of hydrogen-bond donors (Lipinski definition) is 1. The van der Waals surface area contributed by atoms with Gasteiger partial charge in [0.15, 0.2) is 0 Å². The minimum atomic E-state index is -0.869. The van der Waals surface area contributed by atoms with Crippen molar-refractivity contribution >= 4 is 5.91 Å². The molecule has 18 heavy (non-hydrogen) atoms. The summed E-state index contributed by atoms with van der Waals surface area (Å²) in [6.07, 6.45) is -0.141. The van der Waals surface area contributed by atoms with Gasteiger partial charge in [-0.25, -0.2) is 8.78 Å². The molecular formula is C13H17F2NO2. The molecule has 0 aliphatic rings. The maximum absolute atomic E-state index is 13.3. The molecule has 1 amide bonds. The molecule has 0 bridgehead atoms. The molecule has 0 saturated carbocycles. The number of rotatable bonds is 5. The van der Waals surface area contributed by atoms with Crippen LogP contribution in [0.15, 0.2) is 18.2 Å². The summed E-state index contributed by atoms with van der Waals surface area (Å²) in [7, 11) is 1.55. The summed E-state index contributed by atoms with van der Waals surface area (Å²) >= 11 is 0. The number of halogens is 2. The first kappa shape index (κ1) is 14.6. The SMILES string of the molecule is CO[C@@H](CNC(=O)c1ccc(F)cc1F)C(C)C. The number of carbonyl (C=O) groups excluding carboxylic acids is 1. The van der Waals surface area contributed by atoms with Gasteiger partial charge in [0.25, 0.3) is 5.91 Å². The van der Waals surface area contributed by atoms with Gasteiger partial charge >= 0.3 is 0 Å². The van der Waals surface area contributed by atoms with Gasteiger partial charge in [0, 0.05) is 19.7 Å². The van der Waals surface area contributed by atoms with Crippen LogP contribution in [0.25, 0.3) is 0 Å². The topological polar surface area (TPSA) is 38.3 Å². The molecule has 0 spiro atoms. The molecule has 1 atom stereocenters. The van der Waals surface area contributed by atoms with Crippen molar-refractivity contribution in [2.45, 2.75) is 20.0 Å². The molecular weight excluding hydrogens is 240 g/mol. The summed E-state index contributed by atoms with van der Waals surface area (Å²) in [5.74, 6) is -1.92. The van der Waals surface area contributed by atoms with Gasteiger partial charge in [0.2, 0.25) is 0 Å². The lowest BCUT2D eigenvalue weighted by molar-refractivity contribution is 0.0604. The van der Waals surface area contributed by atoms with Crippen LogP contribution in [0.4, 0.5) is 8.78 Å². The minimum absolute atomic E-state index is 0.141. The Hall–Kier alpha value is -1.49. The van der Waals surface area contributed by atoms with Crippen molar-refractivity contribution in [1.82, 2.24) is 5.32 Å². The third-order valence-electron chi connectivity index (χ3n) is 2.69. The van der Waals surface area contributed by atoms with Crippen molar-refractivity contribution in [2.24, 2.45) is 5.92 Å². The number of carbonyl (C=O) groups is 1. The van der Waals surface area contributed by atoms with E-state index in [9.17, 15) is 13.6 Å². The van der Waals surface area contributed by atoms with Crippen LogP contribution in [0.3, 0.4) is 0 Å². The molecule has 5 heteroatoms. The summed E-state index contributed by atoms with van der Waals surface area (Å²) in [6.45, 7) is 4.20. The zero-order valence-corrected chi connectivity index (χ0v) is 10.7. The lowest BCUT2D eigenvalue weighted by Gasteiger charge is -2.19. The lowest BCUT2D eigenvalue weighted by Crippen LogP contribution is -2.36. The molecule has 0 saturated heterocycles. The first-order valence-electron chi connectivity index (χ1n) is 5.71. The van der Waals surface area contributed by atoms with Crippen LogP contribution in [0.2, 0.25) is 0 Å². The van der Waals surface area contributed by atoms with Crippen LogP contribution >= 0.6 is 0 Å². The quantitative estimate of drug-likeness (QED) is 0.879. The first-order chi connectivity index (χ1) is 8.45. The second-order valence-electron chi connectivity index (χ2n) is 4.35. The van der Waals surface area contributed by atoms with Gasteiger partial charge < -0.3 is 10.1 Å². The summed E-state index contributed by atoms with van der Waals surface area (Å²) in [5.41, 5.74) is -0.171. The van der Waals surface area contributed by atoms with Gasteiger partial charge in [-0.3, -0.25) is 4.79 Å². The molecule has 0 aliphatic carbocycles. The summed E-state index contributed by atoms with van der Waals surface area (Å²) < 4.78 is 31.2. The molecule has 1 aromatic carbocycles. The van der Waals surface area contributed by atoms with Crippen molar-refractivity contribution in [3.8, 4) is 0 Å². The highest BCUT2D eigenvalue weighted by Crippen LogP contribution is 2.10. The normalized spacial score (nSPS) is 12.6. The minimum Gasteiger partial charge on any atom is -0.379 e. The summed E-state index contributed by atoms with van der Waals surface area (Å²) in [4.78, 5) is 11.7. The molecule has 0 aromatic heterocycles. The van der Waals surface area contributed by atoms with Crippen molar-refractivity contribution in [2.75, 3.05) is 13.7 Å². The number of amides is 1. The molecule has 0 heterocycles. The van der Waals surface area contributed by atoms with Crippen LogP contribution in [0.1, 0.15) is 24.2 Å². The molecule has 0 aliphatic heterocycles. The van der Waals surface area contributed by atoms with Gasteiger partial charge in [-0.2, -0.15) is 0 Å². The average Bonchev–Trinajstić information content (AvgIpc) is 2.28. The molecule has 1 aromatic rings. The van der Waals surface area contributed by atoms with E-state index in [1.807, 2.05) is 13.8 Å².